The van der Waals surface area contributed by atoms with E-state index in [0.717, 1.165) is 0 Å². The van der Waals surface area contributed by atoms with Crippen LogP contribution in [0, 0.1) is 0 Å². The summed E-state index contributed by atoms with van der Waals surface area (Å²) in [6, 6.07) is 0. The molecule has 0 N–H and O–H groups in total. The SMILES string of the molecule is CCn1c(-c2cnn(C)c2)nnc1S(=O)(=O)Cl. The molecule has 0 aliphatic carbocycles. The van der Waals surface area contributed by atoms with Crippen LogP contribution in [0.3, 0.4) is 0 Å². The summed E-state index contributed by atoms with van der Waals surface area (Å²) < 4.78 is 25.6. The van der Waals surface area contributed by atoms with Gasteiger partial charge in [0.25, 0.3) is 14.2 Å². The fraction of sp³-hybridized carbons (Fsp3) is 0.375. The van der Waals surface area contributed by atoms with Gasteiger partial charge in [-0.15, -0.1) is 10.2 Å². The molecule has 0 fully saturated rings. The maximum Gasteiger partial charge on any atom is 0.296 e. The van der Waals surface area contributed by atoms with Crippen molar-refractivity contribution >= 4 is 19.7 Å². The van der Waals surface area contributed by atoms with E-state index in [1.54, 1.807) is 31.0 Å². The molecule has 2 aromatic heterocycles. The van der Waals surface area contributed by atoms with Crippen LogP contribution in [0.15, 0.2) is 17.6 Å². The number of aryl methyl sites for hydroxylation is 1. The van der Waals surface area contributed by atoms with E-state index in [1.165, 1.54) is 4.57 Å². The molecule has 0 aliphatic rings. The monoisotopic (exact) mass is 275 g/mol. The maximum absolute atomic E-state index is 11.3. The van der Waals surface area contributed by atoms with Gasteiger partial charge >= 0.3 is 0 Å². The molecule has 9 heteroatoms. The summed E-state index contributed by atoms with van der Waals surface area (Å²) in [6.07, 6.45) is 3.31. The molecule has 0 radical (unpaired) electrons. The van der Waals surface area contributed by atoms with Gasteiger partial charge in [0.2, 0.25) is 0 Å². The van der Waals surface area contributed by atoms with Crippen LogP contribution in [0.2, 0.25) is 0 Å². The highest BCUT2D eigenvalue weighted by atomic mass is 35.7. The Morgan fingerprint density at radius 3 is 2.59 bits per heavy atom. The van der Waals surface area contributed by atoms with Crippen LogP contribution in [-0.2, 0) is 22.6 Å². The van der Waals surface area contributed by atoms with Gasteiger partial charge in [-0.3, -0.25) is 9.25 Å². The standard InChI is InChI=1S/C8H10ClN5O2S/c1-3-14-7(6-4-10-13(2)5-6)11-12-8(14)17(9,15)16/h4-5H,3H2,1-2H3. The predicted octanol–water partition coefficient (Wildman–Crippen LogP) is 0.626. The van der Waals surface area contributed by atoms with Gasteiger partial charge in [0.15, 0.2) is 5.82 Å². The molecule has 0 bridgehead atoms. The first-order valence-corrected chi connectivity index (χ1v) is 7.11. The van der Waals surface area contributed by atoms with Gasteiger partial charge in [-0.25, -0.2) is 8.42 Å². The summed E-state index contributed by atoms with van der Waals surface area (Å²) in [7, 11) is 3.14. The first kappa shape index (κ1) is 12.1. The fourth-order valence-corrected chi connectivity index (χ4v) is 2.46. The lowest BCUT2D eigenvalue weighted by Crippen LogP contribution is -2.06. The molecular weight excluding hydrogens is 266 g/mol. The fourth-order valence-electron chi connectivity index (χ4n) is 1.50. The van der Waals surface area contributed by atoms with E-state index >= 15 is 0 Å². The van der Waals surface area contributed by atoms with E-state index in [4.69, 9.17) is 10.7 Å². The van der Waals surface area contributed by atoms with Crippen molar-refractivity contribution in [1.82, 2.24) is 24.5 Å². The molecule has 7 nitrogen and oxygen atoms in total. The van der Waals surface area contributed by atoms with Gasteiger partial charge in [0.05, 0.1) is 11.8 Å². The second-order valence-corrected chi connectivity index (χ2v) is 5.85. The second kappa shape index (κ2) is 4.11. The van der Waals surface area contributed by atoms with Gasteiger partial charge in [-0.05, 0) is 6.92 Å². The number of halogens is 1. The molecule has 0 saturated carbocycles. The lowest BCUT2D eigenvalue weighted by Gasteiger charge is -2.03. The minimum absolute atomic E-state index is 0.250. The third-order valence-corrected chi connectivity index (χ3v) is 3.37. The molecule has 17 heavy (non-hydrogen) atoms. The van der Waals surface area contributed by atoms with E-state index in [0.29, 0.717) is 17.9 Å². The molecule has 0 spiro atoms. The van der Waals surface area contributed by atoms with Crippen molar-refractivity contribution in [2.24, 2.45) is 7.05 Å². The number of rotatable bonds is 3. The summed E-state index contributed by atoms with van der Waals surface area (Å²) >= 11 is 0. The molecule has 0 atom stereocenters. The molecular formula is C8H10ClN5O2S. The number of hydrogen-bond acceptors (Lipinski definition) is 5. The predicted molar refractivity (Wildman–Crippen MR) is 60.9 cm³/mol. The van der Waals surface area contributed by atoms with Crippen molar-refractivity contribution in [2.75, 3.05) is 0 Å². The van der Waals surface area contributed by atoms with Gasteiger partial charge in [-0.2, -0.15) is 5.10 Å². The topological polar surface area (TPSA) is 82.7 Å². The van der Waals surface area contributed by atoms with Crippen LogP contribution in [0.5, 0.6) is 0 Å². The van der Waals surface area contributed by atoms with Crippen molar-refractivity contribution in [3.05, 3.63) is 12.4 Å². The highest BCUT2D eigenvalue weighted by Gasteiger charge is 2.22. The Balaban J connectivity index is 2.61. The lowest BCUT2D eigenvalue weighted by atomic mass is 10.3. The second-order valence-electron chi connectivity index (χ2n) is 3.39. The van der Waals surface area contributed by atoms with Crippen molar-refractivity contribution < 1.29 is 8.42 Å². The normalized spacial score (nSPS) is 11.9. The summed E-state index contributed by atoms with van der Waals surface area (Å²) in [4.78, 5) is 0. The molecule has 2 heterocycles. The number of hydrogen-bond donors (Lipinski definition) is 0. The van der Waals surface area contributed by atoms with E-state index in [9.17, 15) is 8.42 Å². The van der Waals surface area contributed by atoms with Crippen molar-refractivity contribution in [3.63, 3.8) is 0 Å². The minimum atomic E-state index is -3.89. The Labute approximate surface area is 102 Å². The molecule has 2 rings (SSSR count). The van der Waals surface area contributed by atoms with Crippen molar-refractivity contribution in [2.45, 2.75) is 18.6 Å². The van der Waals surface area contributed by atoms with Crippen molar-refractivity contribution in [3.8, 4) is 11.4 Å². The van der Waals surface area contributed by atoms with Crippen molar-refractivity contribution in [1.29, 1.82) is 0 Å². The number of aromatic nitrogens is 5. The van der Waals surface area contributed by atoms with E-state index in [2.05, 4.69) is 15.3 Å². The zero-order valence-electron chi connectivity index (χ0n) is 9.20. The van der Waals surface area contributed by atoms with Crippen LogP contribution in [0.4, 0.5) is 0 Å². The van der Waals surface area contributed by atoms with Gasteiger partial charge in [0.1, 0.15) is 0 Å². The highest BCUT2D eigenvalue weighted by Crippen LogP contribution is 2.21. The highest BCUT2D eigenvalue weighted by molar-refractivity contribution is 8.13. The van der Waals surface area contributed by atoms with Gasteiger partial charge < -0.3 is 0 Å². The Hall–Kier alpha value is -1.41. The summed E-state index contributed by atoms with van der Waals surface area (Å²) in [6.45, 7) is 2.19. The molecule has 92 valence electrons. The lowest BCUT2D eigenvalue weighted by molar-refractivity contribution is 0.583. The first-order valence-electron chi connectivity index (χ1n) is 4.80. The average Bonchev–Trinajstić information content (AvgIpc) is 2.81. The zero-order chi connectivity index (χ0) is 12.6. The Kier molecular flexibility index (Phi) is 2.92. The Morgan fingerprint density at radius 2 is 2.12 bits per heavy atom. The third-order valence-electron chi connectivity index (χ3n) is 2.21. The van der Waals surface area contributed by atoms with E-state index < -0.39 is 9.05 Å². The van der Waals surface area contributed by atoms with Gasteiger partial charge in [0, 0.05) is 30.5 Å². The zero-order valence-corrected chi connectivity index (χ0v) is 10.8. The molecule has 0 aliphatic heterocycles. The summed E-state index contributed by atoms with van der Waals surface area (Å²) in [5.74, 6) is 0.430. The molecule has 2 aromatic rings. The third kappa shape index (κ3) is 2.18. The quantitative estimate of drug-likeness (QED) is 0.767. The van der Waals surface area contributed by atoms with Crippen LogP contribution >= 0.6 is 10.7 Å². The Bertz CT molecular complexity index is 645. The molecule has 0 aromatic carbocycles. The van der Waals surface area contributed by atoms with Crippen LogP contribution in [-0.4, -0.2) is 33.0 Å². The average molecular weight is 276 g/mol. The smallest absolute Gasteiger partial charge is 0.296 e. The summed E-state index contributed by atoms with van der Waals surface area (Å²) in [5.41, 5.74) is 0.688. The Morgan fingerprint density at radius 1 is 1.41 bits per heavy atom. The molecule has 0 unspecified atom stereocenters. The van der Waals surface area contributed by atoms with Crippen LogP contribution < -0.4 is 0 Å². The van der Waals surface area contributed by atoms with Crippen LogP contribution in [0.1, 0.15) is 6.92 Å². The first-order chi connectivity index (χ1) is 7.93. The molecule has 0 saturated heterocycles. The van der Waals surface area contributed by atoms with Gasteiger partial charge in [-0.1, -0.05) is 0 Å². The molecule has 0 amide bonds. The maximum atomic E-state index is 11.3. The summed E-state index contributed by atoms with van der Waals surface area (Å²) in [5, 5.41) is 11.2. The largest absolute Gasteiger partial charge is 0.297 e. The van der Waals surface area contributed by atoms with Crippen LogP contribution in [0.25, 0.3) is 11.4 Å². The van der Waals surface area contributed by atoms with E-state index in [-0.39, 0.29) is 5.16 Å². The van der Waals surface area contributed by atoms with E-state index in [1.807, 2.05) is 0 Å². The number of nitrogens with zero attached hydrogens (tertiary/aromatic N) is 5. The minimum Gasteiger partial charge on any atom is -0.297 e.